The number of nitrogens with two attached hydrogens (primary N) is 1. The fraction of sp³-hybridized carbons (Fsp3) is 0.500. The third kappa shape index (κ3) is 3.53. The van der Waals surface area contributed by atoms with Crippen LogP contribution in [-0.4, -0.2) is 13.1 Å². The van der Waals surface area contributed by atoms with Crippen molar-refractivity contribution in [1.82, 2.24) is 0 Å². The van der Waals surface area contributed by atoms with E-state index in [4.69, 9.17) is 1.41 Å². The Kier molecular flexibility index (Phi) is 1.00. The Balaban J connectivity index is 2.99. The molecule has 2 nitrogen and oxygen atoms in total. The van der Waals surface area contributed by atoms with Crippen molar-refractivity contribution < 1.29 is 6.21 Å². The summed E-state index contributed by atoms with van der Waals surface area (Å²) in [6.45, 7) is 1.70. The Hall–Kier alpha value is -0.465. The molecule has 0 heterocycles. The van der Waals surface area contributed by atoms with Crippen molar-refractivity contribution in [2.75, 3.05) is 0 Å². The van der Waals surface area contributed by atoms with Crippen LogP contribution in [0.1, 0.15) is 0 Å². The first-order valence-corrected chi connectivity index (χ1v) is 1.51. The number of amides is 1. The lowest BCUT2D eigenvalue weighted by Gasteiger charge is -1.70. The van der Waals surface area contributed by atoms with Gasteiger partial charge in [0.1, 0.15) is 0 Å². The van der Waals surface area contributed by atoms with Crippen LogP contribution in [0.3, 0.4) is 0 Å². The van der Waals surface area contributed by atoms with Gasteiger partial charge in [-0.15, -0.1) is 0 Å². The van der Waals surface area contributed by atoms with Crippen molar-refractivity contribution in [2.45, 2.75) is 6.82 Å². The minimum atomic E-state index is -0.241. The first-order valence-electron chi connectivity index (χ1n) is 2.01. The Labute approximate surface area is 33.1 Å². The summed E-state index contributed by atoms with van der Waals surface area (Å²) in [6.07, 6.45) is 0. The predicted octanol–water partition coefficient (Wildman–Crippen LogP) is -0.450. The van der Waals surface area contributed by atoms with Crippen molar-refractivity contribution >= 4 is 13.1 Å². The van der Waals surface area contributed by atoms with Gasteiger partial charge in [0.15, 0.2) is 7.22 Å². The molecule has 1 amide bonds. The molecule has 0 saturated heterocycles. The quantitative estimate of drug-likeness (QED) is 0.419. The third-order valence-corrected chi connectivity index (χ3v) is 0.321. The lowest BCUT2D eigenvalue weighted by atomic mass is 9.82. The first-order chi connectivity index (χ1) is 2.81. The fourth-order valence-corrected chi connectivity index (χ4v) is 0. The van der Waals surface area contributed by atoms with Gasteiger partial charge < -0.3 is 5.73 Å². The highest BCUT2D eigenvalue weighted by molar-refractivity contribution is 6.72. The largest absolute Gasteiger partial charge is 0.379 e. The molecule has 3 heteroatoms. The van der Waals surface area contributed by atoms with E-state index in [0.29, 0.717) is 7.28 Å². The highest BCUT2D eigenvalue weighted by Crippen LogP contribution is 1.51. The monoisotopic (exact) mass is 72.1 g/mol. The maximum atomic E-state index is 9.88. The molecular weight excluding hydrogens is 64.8 g/mol. The lowest BCUT2D eigenvalue weighted by Crippen LogP contribution is -2.13. The first kappa shape index (κ1) is 2.76. The highest BCUT2D eigenvalue weighted by Gasteiger charge is 1.81. The molecular formula is C2H6BNO. The van der Waals surface area contributed by atoms with Crippen LogP contribution in [0, 0.1) is 0 Å². The van der Waals surface area contributed by atoms with E-state index < -0.39 is 0 Å². The Morgan fingerprint density at radius 2 is 3.00 bits per heavy atom. The van der Waals surface area contributed by atoms with Crippen LogP contribution in [0.2, 0.25) is 8.23 Å². The second kappa shape index (κ2) is 1.82. The van der Waals surface area contributed by atoms with Crippen LogP contribution in [0.5, 0.6) is 0 Å². The van der Waals surface area contributed by atoms with Gasteiger partial charge in [0.2, 0.25) is 7.28 Å². The number of primary amides is 1. The Bertz CT molecular complexity index is 51.5. The molecule has 0 aromatic heterocycles. The fourth-order valence-electron chi connectivity index (χ4n) is 0. The zero-order valence-electron chi connectivity index (χ0n) is 4.12. The molecule has 0 aliphatic heterocycles. The van der Waals surface area contributed by atoms with Crippen LogP contribution in [0.25, 0.3) is 0 Å². The smallest absolute Gasteiger partial charge is 0.230 e. The van der Waals surface area contributed by atoms with Crippen LogP contribution in [0.4, 0.5) is 4.79 Å². The lowest BCUT2D eigenvalue weighted by molar-refractivity contribution is 0.266. The van der Waals surface area contributed by atoms with Crippen LogP contribution in [-0.2, 0) is 0 Å². The maximum absolute atomic E-state index is 9.88. The number of carbonyl (C=O) groups is 1. The van der Waals surface area contributed by atoms with E-state index in [1.807, 2.05) is 0 Å². The summed E-state index contributed by atoms with van der Waals surface area (Å²) >= 11 is 0. The summed E-state index contributed by atoms with van der Waals surface area (Å²) < 4.78 is 6.21. The summed E-state index contributed by atoms with van der Waals surface area (Å²) in [6, 6.07) is 0. The Morgan fingerprint density at radius 3 is 3.00 bits per heavy atom. The van der Waals surface area contributed by atoms with Gasteiger partial charge in [0.25, 0.3) is 0 Å². The van der Waals surface area contributed by atoms with Crippen LogP contribution in [0.15, 0.2) is 0 Å². The molecule has 0 bridgehead atoms. The second-order valence-electron chi connectivity index (χ2n) is 0.777. The van der Waals surface area contributed by atoms with E-state index in [0.717, 1.165) is 0 Å². The second-order valence-corrected chi connectivity index (χ2v) is 0.777. The molecule has 5 heavy (non-hydrogen) atoms. The van der Waals surface area contributed by atoms with Crippen molar-refractivity contribution in [3.05, 3.63) is 0 Å². The third-order valence-electron chi connectivity index (χ3n) is 0.321. The Morgan fingerprint density at radius 1 is 2.40 bits per heavy atom. The van der Waals surface area contributed by atoms with E-state index >= 15 is 0 Å². The summed E-state index contributed by atoms with van der Waals surface area (Å²) in [5, 5.41) is 0. The molecule has 2 N–H and O–H groups in total. The molecule has 0 spiro atoms. The zero-order chi connectivity index (χ0) is 4.99. The topological polar surface area (TPSA) is 43.1 Å². The standard InChI is InChI=1S/C2H6BNO/c1-3-2(4)5/h3H,1H3,(H2,4,5)/i/hD. The molecule has 28 valence electrons. The SMILES string of the molecule is [2H]NC(=O)BC. The van der Waals surface area contributed by atoms with Gasteiger partial charge in [0.05, 0.1) is 0 Å². The van der Waals surface area contributed by atoms with Crippen LogP contribution >= 0.6 is 0 Å². The summed E-state index contributed by atoms with van der Waals surface area (Å²) in [7, 11) is 0.392. The van der Waals surface area contributed by atoms with Gasteiger partial charge in [0, 0.05) is 0 Å². The maximum Gasteiger partial charge on any atom is 0.230 e. The van der Waals surface area contributed by atoms with E-state index in [1.54, 1.807) is 12.5 Å². The number of hydrogen-bond donors (Lipinski definition) is 1. The van der Waals surface area contributed by atoms with Crippen LogP contribution < -0.4 is 5.73 Å². The van der Waals surface area contributed by atoms with Crippen molar-refractivity contribution in [1.29, 1.82) is 0 Å². The van der Waals surface area contributed by atoms with Crippen molar-refractivity contribution in [3.63, 3.8) is 0 Å². The molecule has 0 aliphatic carbocycles. The molecule has 0 fully saturated rings. The molecule has 0 aliphatic rings. The van der Waals surface area contributed by atoms with E-state index in [9.17, 15) is 4.79 Å². The van der Waals surface area contributed by atoms with Gasteiger partial charge in [-0.25, -0.2) is 0 Å². The zero-order valence-corrected chi connectivity index (χ0v) is 3.12. The van der Waals surface area contributed by atoms with Gasteiger partial charge in [-0.2, -0.15) is 0 Å². The predicted molar refractivity (Wildman–Crippen MR) is 22.6 cm³/mol. The summed E-state index contributed by atoms with van der Waals surface area (Å²) in [5.74, 6) is -0.241. The molecule has 0 aromatic rings. The number of hydrogen-bond acceptors (Lipinski definition) is 1. The highest BCUT2D eigenvalue weighted by atomic mass is 16.1. The van der Waals surface area contributed by atoms with Crippen molar-refractivity contribution in [2.24, 2.45) is 5.73 Å². The normalized spacial score (nSPS) is 8.60. The number of rotatable bonds is 1. The van der Waals surface area contributed by atoms with Gasteiger partial charge >= 0.3 is 0 Å². The average molecular weight is 71.9 g/mol. The van der Waals surface area contributed by atoms with Gasteiger partial charge in [-0.3, -0.25) is 4.79 Å². The van der Waals surface area contributed by atoms with Gasteiger partial charge in [-0.1, -0.05) is 6.82 Å². The van der Waals surface area contributed by atoms with E-state index in [2.05, 4.69) is 0 Å². The molecule has 0 aromatic carbocycles. The average Bonchev–Trinajstić information content (AvgIpc) is 1.65. The summed E-state index contributed by atoms with van der Waals surface area (Å²) in [4.78, 5) is 9.88. The van der Waals surface area contributed by atoms with E-state index in [-0.39, 0.29) is 5.81 Å². The molecule has 0 rings (SSSR count). The molecule has 0 unspecified atom stereocenters. The minimum absolute atomic E-state index is 0.241. The molecule has 0 saturated carbocycles. The van der Waals surface area contributed by atoms with Gasteiger partial charge in [-0.05, 0) is 0 Å². The van der Waals surface area contributed by atoms with Crippen molar-refractivity contribution in [3.8, 4) is 0 Å². The molecule has 0 atom stereocenters. The molecule has 0 radical (unpaired) electrons. The van der Waals surface area contributed by atoms with E-state index in [1.165, 1.54) is 0 Å². The summed E-state index contributed by atoms with van der Waals surface area (Å²) in [5.41, 5.74) is 1.73. The minimum Gasteiger partial charge on any atom is -0.379 e. The number of carbonyl (C=O) groups excluding carboxylic acids is 1.